The van der Waals surface area contributed by atoms with Crippen LogP contribution in [0.1, 0.15) is 30.8 Å². The molecule has 2 rings (SSSR count). The first-order valence-electron chi connectivity index (χ1n) is 7.60. The first kappa shape index (κ1) is 19.0. The first-order chi connectivity index (χ1) is 11.2. The molecule has 0 N–H and O–H groups in total. The highest BCUT2D eigenvalue weighted by Gasteiger charge is 2.35. The highest BCUT2D eigenvalue weighted by Crippen LogP contribution is 2.20. The van der Waals surface area contributed by atoms with Crippen LogP contribution in [0.3, 0.4) is 0 Å². The van der Waals surface area contributed by atoms with Gasteiger partial charge in [-0.25, -0.2) is 13.2 Å². The zero-order valence-corrected chi connectivity index (χ0v) is 15.9. The fourth-order valence-corrected chi connectivity index (χ4v) is 4.61. The Morgan fingerprint density at radius 2 is 2.12 bits per heavy atom. The molecular formula is C15H20BrNO6S. The molecule has 0 unspecified atom stereocenters. The Bertz CT molecular complexity index is 711. The lowest BCUT2D eigenvalue weighted by atomic mass is 10.1. The quantitative estimate of drug-likeness (QED) is 0.650. The fraction of sp³-hybridized carbons (Fsp3) is 0.600. The summed E-state index contributed by atoms with van der Waals surface area (Å²) in [6.07, 6.45) is 0.417. The van der Waals surface area contributed by atoms with Gasteiger partial charge in [-0.15, -0.1) is 0 Å². The Hall–Kier alpha value is -1.35. The van der Waals surface area contributed by atoms with E-state index in [9.17, 15) is 18.0 Å². The molecule has 1 aromatic rings. The molecule has 1 aromatic heterocycles. The van der Waals surface area contributed by atoms with Crippen molar-refractivity contribution in [2.75, 3.05) is 24.7 Å². The molecule has 0 bridgehead atoms. The van der Waals surface area contributed by atoms with Crippen LogP contribution in [0.25, 0.3) is 0 Å². The first-order valence-corrected chi connectivity index (χ1v) is 10.2. The molecule has 9 heteroatoms. The molecule has 0 spiro atoms. The SMILES string of the molecule is CC(C)CN(C(=O)COC(=O)c1ccc(Br)o1)[C@H]1CCS(=O)(=O)C1. The molecule has 24 heavy (non-hydrogen) atoms. The van der Waals surface area contributed by atoms with Crippen molar-refractivity contribution in [2.45, 2.75) is 26.3 Å². The summed E-state index contributed by atoms with van der Waals surface area (Å²) in [6.45, 7) is 3.86. The molecule has 0 saturated carbocycles. The van der Waals surface area contributed by atoms with E-state index >= 15 is 0 Å². The van der Waals surface area contributed by atoms with Crippen LogP contribution < -0.4 is 0 Å². The van der Waals surface area contributed by atoms with E-state index < -0.39 is 28.3 Å². The maximum absolute atomic E-state index is 12.4. The number of amides is 1. The average molecular weight is 422 g/mol. The van der Waals surface area contributed by atoms with Crippen LogP contribution in [0, 0.1) is 5.92 Å². The number of nitrogens with zero attached hydrogens (tertiary/aromatic N) is 1. The molecule has 1 amide bonds. The minimum atomic E-state index is -3.10. The van der Waals surface area contributed by atoms with Gasteiger partial charge in [0.05, 0.1) is 11.5 Å². The van der Waals surface area contributed by atoms with Gasteiger partial charge in [-0.1, -0.05) is 13.8 Å². The number of ether oxygens (including phenoxy) is 1. The van der Waals surface area contributed by atoms with E-state index in [4.69, 9.17) is 9.15 Å². The van der Waals surface area contributed by atoms with Crippen molar-refractivity contribution in [1.82, 2.24) is 4.90 Å². The summed E-state index contributed by atoms with van der Waals surface area (Å²) >= 11 is 3.08. The number of furan rings is 1. The monoisotopic (exact) mass is 421 g/mol. The number of carbonyl (C=O) groups is 2. The Morgan fingerprint density at radius 3 is 2.62 bits per heavy atom. The van der Waals surface area contributed by atoms with Crippen molar-refractivity contribution in [3.05, 3.63) is 22.6 Å². The molecule has 1 saturated heterocycles. The normalized spacial score (nSPS) is 19.4. The second-order valence-electron chi connectivity index (χ2n) is 6.18. The molecule has 134 valence electrons. The zero-order chi connectivity index (χ0) is 17.9. The number of hydrogen-bond acceptors (Lipinski definition) is 6. The minimum absolute atomic E-state index is 0.00599. The van der Waals surface area contributed by atoms with Gasteiger partial charge in [0.25, 0.3) is 5.91 Å². The van der Waals surface area contributed by atoms with Gasteiger partial charge in [0, 0.05) is 12.6 Å². The van der Waals surface area contributed by atoms with Crippen LogP contribution in [0.5, 0.6) is 0 Å². The van der Waals surface area contributed by atoms with Gasteiger partial charge in [0.1, 0.15) is 0 Å². The summed E-state index contributed by atoms with van der Waals surface area (Å²) in [5.41, 5.74) is 0. The smallest absolute Gasteiger partial charge is 0.374 e. The molecule has 1 aliphatic heterocycles. The number of carbonyl (C=O) groups excluding carboxylic acids is 2. The molecule has 1 fully saturated rings. The van der Waals surface area contributed by atoms with Gasteiger partial charge in [-0.3, -0.25) is 4.79 Å². The van der Waals surface area contributed by atoms with E-state index in [2.05, 4.69) is 15.9 Å². The molecule has 7 nitrogen and oxygen atoms in total. The lowest BCUT2D eigenvalue weighted by Crippen LogP contribution is -2.45. The molecule has 0 aromatic carbocycles. The van der Waals surface area contributed by atoms with Crippen LogP contribution in [0.4, 0.5) is 0 Å². The third-order valence-corrected chi connectivity index (χ3v) is 5.81. The van der Waals surface area contributed by atoms with Crippen LogP contribution >= 0.6 is 15.9 Å². The van der Waals surface area contributed by atoms with Crippen molar-refractivity contribution in [3.8, 4) is 0 Å². The van der Waals surface area contributed by atoms with E-state index in [1.165, 1.54) is 11.0 Å². The number of hydrogen-bond donors (Lipinski definition) is 0. The van der Waals surface area contributed by atoms with Crippen molar-refractivity contribution < 1.29 is 27.2 Å². The largest absolute Gasteiger partial charge is 0.450 e. The van der Waals surface area contributed by atoms with Gasteiger partial charge < -0.3 is 14.1 Å². The molecule has 0 aliphatic carbocycles. The highest BCUT2D eigenvalue weighted by molar-refractivity contribution is 9.10. The Labute approximate surface area is 149 Å². The standard InChI is InChI=1S/C15H20BrNO6S/c1-10(2)7-17(11-5-6-24(20,21)9-11)14(18)8-22-15(19)12-3-4-13(16)23-12/h3-4,10-11H,5-9H2,1-2H3/t11-/m0/s1. The van der Waals surface area contributed by atoms with Gasteiger partial charge >= 0.3 is 5.97 Å². The minimum Gasteiger partial charge on any atom is -0.450 e. The second-order valence-corrected chi connectivity index (χ2v) is 9.19. The van der Waals surface area contributed by atoms with Crippen molar-refractivity contribution >= 4 is 37.6 Å². The Morgan fingerprint density at radius 1 is 1.42 bits per heavy atom. The van der Waals surface area contributed by atoms with Crippen molar-refractivity contribution in [2.24, 2.45) is 5.92 Å². The van der Waals surface area contributed by atoms with Crippen LogP contribution in [-0.2, 0) is 19.4 Å². The molecule has 2 heterocycles. The topological polar surface area (TPSA) is 93.9 Å². The third kappa shape index (κ3) is 5.07. The van der Waals surface area contributed by atoms with Gasteiger partial charge in [0.15, 0.2) is 21.1 Å². The Balaban J connectivity index is 1.98. The number of sulfone groups is 1. The predicted octanol–water partition coefficient (Wildman–Crippen LogP) is 1.87. The maximum Gasteiger partial charge on any atom is 0.374 e. The molecule has 1 aliphatic rings. The van der Waals surface area contributed by atoms with Crippen LogP contribution in [0.15, 0.2) is 21.2 Å². The summed E-state index contributed by atoms with van der Waals surface area (Å²) in [5.74, 6) is -0.922. The summed E-state index contributed by atoms with van der Waals surface area (Å²) in [6, 6.07) is 2.63. The summed E-state index contributed by atoms with van der Waals surface area (Å²) < 4.78 is 33.8. The van der Waals surface area contributed by atoms with E-state index in [-0.39, 0.29) is 29.2 Å². The zero-order valence-electron chi connectivity index (χ0n) is 13.5. The molecule has 1 atom stereocenters. The van der Waals surface area contributed by atoms with E-state index in [1.807, 2.05) is 13.8 Å². The third-order valence-electron chi connectivity index (χ3n) is 3.63. The number of rotatable bonds is 6. The number of halogens is 1. The summed E-state index contributed by atoms with van der Waals surface area (Å²) in [5, 5.41) is 0. The molecule has 0 radical (unpaired) electrons. The lowest BCUT2D eigenvalue weighted by molar-refractivity contribution is -0.137. The van der Waals surface area contributed by atoms with E-state index in [1.54, 1.807) is 6.07 Å². The van der Waals surface area contributed by atoms with Crippen molar-refractivity contribution in [1.29, 1.82) is 0 Å². The predicted molar refractivity (Wildman–Crippen MR) is 90.3 cm³/mol. The van der Waals surface area contributed by atoms with Crippen LogP contribution in [-0.4, -0.2) is 55.9 Å². The van der Waals surface area contributed by atoms with Gasteiger partial charge in [-0.05, 0) is 40.4 Å². The molecular weight excluding hydrogens is 402 g/mol. The van der Waals surface area contributed by atoms with Crippen LogP contribution in [0.2, 0.25) is 0 Å². The lowest BCUT2D eigenvalue weighted by Gasteiger charge is -2.29. The van der Waals surface area contributed by atoms with Gasteiger partial charge in [0.2, 0.25) is 5.76 Å². The fourth-order valence-electron chi connectivity index (χ4n) is 2.57. The van der Waals surface area contributed by atoms with Crippen molar-refractivity contribution in [3.63, 3.8) is 0 Å². The summed E-state index contributed by atoms with van der Waals surface area (Å²) in [7, 11) is -3.10. The summed E-state index contributed by atoms with van der Waals surface area (Å²) in [4.78, 5) is 25.8. The van der Waals surface area contributed by atoms with Gasteiger partial charge in [-0.2, -0.15) is 0 Å². The Kier molecular flexibility index (Phi) is 6.08. The maximum atomic E-state index is 12.4. The van der Waals surface area contributed by atoms with E-state index in [0.29, 0.717) is 17.6 Å². The number of esters is 1. The van der Waals surface area contributed by atoms with E-state index in [0.717, 1.165) is 0 Å². The average Bonchev–Trinajstić information content (AvgIpc) is 3.07. The second kappa shape index (κ2) is 7.69. The highest BCUT2D eigenvalue weighted by atomic mass is 79.9.